The Kier molecular flexibility index (Phi) is 2.77. The molecule has 0 saturated heterocycles. The molecule has 0 amide bonds. The van der Waals surface area contributed by atoms with Gasteiger partial charge in [0.05, 0.1) is 5.69 Å². The summed E-state index contributed by atoms with van der Waals surface area (Å²) >= 11 is 3.39. The Morgan fingerprint density at radius 1 is 1.33 bits per heavy atom. The summed E-state index contributed by atoms with van der Waals surface area (Å²) in [6.45, 7) is 1.90. The average molecular weight is 267 g/mol. The second-order valence-corrected chi connectivity index (χ2v) is 4.28. The summed E-state index contributed by atoms with van der Waals surface area (Å²) < 4.78 is 6.37. The minimum Gasteiger partial charge on any atom is -0.428 e. The van der Waals surface area contributed by atoms with Crippen LogP contribution in [0.15, 0.2) is 33.2 Å². The SMILES string of the molecule is Cc1nc(N)oc1Cc1ccc(Br)cc1. The van der Waals surface area contributed by atoms with E-state index in [4.69, 9.17) is 10.2 Å². The maximum Gasteiger partial charge on any atom is 0.292 e. The number of anilines is 1. The van der Waals surface area contributed by atoms with Gasteiger partial charge in [-0.2, -0.15) is 4.98 Å². The molecule has 3 nitrogen and oxygen atoms in total. The van der Waals surface area contributed by atoms with E-state index in [9.17, 15) is 0 Å². The molecule has 0 aliphatic heterocycles. The molecular formula is C11H11BrN2O. The lowest BCUT2D eigenvalue weighted by molar-refractivity contribution is 0.532. The third kappa shape index (κ3) is 2.39. The fraction of sp³-hybridized carbons (Fsp3) is 0.182. The van der Waals surface area contributed by atoms with E-state index in [1.54, 1.807) is 0 Å². The summed E-state index contributed by atoms with van der Waals surface area (Å²) in [5.41, 5.74) is 7.51. The van der Waals surface area contributed by atoms with Gasteiger partial charge >= 0.3 is 0 Å². The molecule has 4 heteroatoms. The van der Waals surface area contributed by atoms with E-state index in [1.165, 1.54) is 5.56 Å². The van der Waals surface area contributed by atoms with E-state index in [-0.39, 0.29) is 6.01 Å². The van der Waals surface area contributed by atoms with Crippen molar-refractivity contribution in [1.29, 1.82) is 0 Å². The number of halogens is 1. The van der Waals surface area contributed by atoms with E-state index < -0.39 is 0 Å². The molecule has 1 aromatic heterocycles. The molecule has 1 aromatic carbocycles. The molecule has 78 valence electrons. The van der Waals surface area contributed by atoms with Gasteiger partial charge in [-0.1, -0.05) is 28.1 Å². The van der Waals surface area contributed by atoms with Crippen LogP contribution >= 0.6 is 15.9 Å². The number of aryl methyl sites for hydroxylation is 1. The van der Waals surface area contributed by atoms with Crippen LogP contribution in [-0.2, 0) is 6.42 Å². The summed E-state index contributed by atoms with van der Waals surface area (Å²) in [6.07, 6.45) is 0.726. The predicted octanol–water partition coefficient (Wildman–Crippen LogP) is 2.92. The van der Waals surface area contributed by atoms with Crippen LogP contribution in [0.2, 0.25) is 0 Å². The van der Waals surface area contributed by atoms with Gasteiger partial charge in [0, 0.05) is 10.9 Å². The minimum absolute atomic E-state index is 0.236. The highest BCUT2D eigenvalue weighted by Gasteiger charge is 2.07. The quantitative estimate of drug-likeness (QED) is 0.910. The van der Waals surface area contributed by atoms with Gasteiger partial charge in [-0.3, -0.25) is 0 Å². The van der Waals surface area contributed by atoms with Crippen molar-refractivity contribution < 1.29 is 4.42 Å². The maximum absolute atomic E-state index is 5.47. The Hall–Kier alpha value is -1.29. The third-order valence-corrected chi connectivity index (χ3v) is 2.72. The van der Waals surface area contributed by atoms with Gasteiger partial charge in [-0.25, -0.2) is 0 Å². The van der Waals surface area contributed by atoms with Crippen molar-refractivity contribution >= 4 is 21.9 Å². The number of aromatic nitrogens is 1. The van der Waals surface area contributed by atoms with Crippen LogP contribution in [0.25, 0.3) is 0 Å². The summed E-state index contributed by atoms with van der Waals surface area (Å²) in [6, 6.07) is 8.33. The van der Waals surface area contributed by atoms with Gasteiger partial charge in [0.2, 0.25) is 0 Å². The van der Waals surface area contributed by atoms with Crippen molar-refractivity contribution in [2.75, 3.05) is 5.73 Å². The highest BCUT2D eigenvalue weighted by atomic mass is 79.9. The molecule has 1 heterocycles. The highest BCUT2D eigenvalue weighted by molar-refractivity contribution is 9.10. The summed E-state index contributed by atoms with van der Waals surface area (Å²) in [7, 11) is 0. The maximum atomic E-state index is 5.47. The number of nitrogen functional groups attached to an aromatic ring is 1. The molecule has 0 saturated carbocycles. The van der Waals surface area contributed by atoms with Gasteiger partial charge in [0.1, 0.15) is 5.76 Å². The van der Waals surface area contributed by atoms with Gasteiger partial charge in [0.15, 0.2) is 0 Å². The van der Waals surface area contributed by atoms with Crippen LogP contribution in [0, 0.1) is 6.92 Å². The Balaban J connectivity index is 2.21. The lowest BCUT2D eigenvalue weighted by atomic mass is 10.1. The first-order chi connectivity index (χ1) is 7.15. The van der Waals surface area contributed by atoms with Crippen LogP contribution in [0.3, 0.4) is 0 Å². The topological polar surface area (TPSA) is 52.0 Å². The standard InChI is InChI=1S/C11H11BrN2O/c1-7-10(15-11(13)14-7)6-8-2-4-9(12)5-3-8/h2-5H,6H2,1H3,(H2,13,14). The van der Waals surface area contributed by atoms with Crippen molar-refractivity contribution in [3.63, 3.8) is 0 Å². The molecule has 0 fully saturated rings. The lowest BCUT2D eigenvalue weighted by Gasteiger charge is -1.98. The average Bonchev–Trinajstić information content (AvgIpc) is 2.49. The van der Waals surface area contributed by atoms with E-state index in [0.717, 1.165) is 22.3 Å². The smallest absolute Gasteiger partial charge is 0.292 e. The van der Waals surface area contributed by atoms with Gasteiger partial charge in [-0.05, 0) is 24.6 Å². The number of rotatable bonds is 2. The molecule has 0 unspecified atom stereocenters. The molecule has 15 heavy (non-hydrogen) atoms. The van der Waals surface area contributed by atoms with Gasteiger partial charge < -0.3 is 10.2 Å². The van der Waals surface area contributed by atoms with E-state index >= 15 is 0 Å². The summed E-state index contributed by atoms with van der Waals surface area (Å²) in [5, 5.41) is 0. The Bertz CT molecular complexity index is 462. The Labute approximate surface area is 96.4 Å². The largest absolute Gasteiger partial charge is 0.428 e. The van der Waals surface area contributed by atoms with E-state index in [2.05, 4.69) is 20.9 Å². The molecule has 0 spiro atoms. The van der Waals surface area contributed by atoms with Crippen LogP contribution in [0.1, 0.15) is 17.0 Å². The number of hydrogen-bond acceptors (Lipinski definition) is 3. The molecule has 0 aliphatic rings. The molecule has 0 atom stereocenters. The first kappa shape index (κ1) is 10.2. The van der Waals surface area contributed by atoms with Gasteiger partial charge in [-0.15, -0.1) is 0 Å². The van der Waals surface area contributed by atoms with Crippen molar-refractivity contribution in [2.45, 2.75) is 13.3 Å². The first-order valence-corrected chi connectivity index (χ1v) is 5.40. The van der Waals surface area contributed by atoms with Gasteiger partial charge in [0.25, 0.3) is 6.01 Å². The number of hydrogen-bond donors (Lipinski definition) is 1. The zero-order chi connectivity index (χ0) is 10.8. The van der Waals surface area contributed by atoms with Crippen LogP contribution < -0.4 is 5.73 Å². The van der Waals surface area contributed by atoms with E-state index in [0.29, 0.717) is 0 Å². The molecule has 2 aromatic rings. The predicted molar refractivity (Wildman–Crippen MR) is 62.6 cm³/mol. The summed E-state index contributed by atoms with van der Waals surface area (Å²) in [5.74, 6) is 0.829. The second kappa shape index (κ2) is 4.06. The van der Waals surface area contributed by atoms with E-state index in [1.807, 2.05) is 31.2 Å². The minimum atomic E-state index is 0.236. The Morgan fingerprint density at radius 3 is 2.53 bits per heavy atom. The lowest BCUT2D eigenvalue weighted by Crippen LogP contribution is -1.88. The summed E-state index contributed by atoms with van der Waals surface area (Å²) in [4.78, 5) is 4.03. The highest BCUT2D eigenvalue weighted by Crippen LogP contribution is 2.18. The van der Waals surface area contributed by atoms with Crippen LogP contribution in [0.5, 0.6) is 0 Å². The normalized spacial score (nSPS) is 10.5. The van der Waals surface area contributed by atoms with Crippen molar-refractivity contribution in [3.8, 4) is 0 Å². The molecule has 0 bridgehead atoms. The number of nitrogens with zero attached hydrogens (tertiary/aromatic N) is 1. The fourth-order valence-electron chi connectivity index (χ4n) is 1.40. The molecule has 0 radical (unpaired) electrons. The monoisotopic (exact) mass is 266 g/mol. The first-order valence-electron chi connectivity index (χ1n) is 4.61. The van der Waals surface area contributed by atoms with Crippen LogP contribution in [0.4, 0.5) is 6.01 Å². The second-order valence-electron chi connectivity index (χ2n) is 3.36. The molecule has 0 aliphatic carbocycles. The zero-order valence-corrected chi connectivity index (χ0v) is 9.91. The third-order valence-electron chi connectivity index (χ3n) is 2.19. The van der Waals surface area contributed by atoms with Crippen molar-refractivity contribution in [3.05, 3.63) is 45.8 Å². The number of oxazole rings is 1. The van der Waals surface area contributed by atoms with Crippen molar-refractivity contribution in [2.24, 2.45) is 0 Å². The molecule has 2 rings (SSSR count). The Morgan fingerprint density at radius 2 is 2.00 bits per heavy atom. The molecule has 2 N–H and O–H groups in total. The molecular weight excluding hydrogens is 256 g/mol. The van der Waals surface area contributed by atoms with Crippen LogP contribution in [-0.4, -0.2) is 4.98 Å². The number of nitrogens with two attached hydrogens (primary N) is 1. The van der Waals surface area contributed by atoms with Crippen molar-refractivity contribution in [1.82, 2.24) is 4.98 Å². The fourth-order valence-corrected chi connectivity index (χ4v) is 1.67. The number of benzene rings is 1. The zero-order valence-electron chi connectivity index (χ0n) is 8.33.